The fraction of sp³-hybridized carbons (Fsp3) is 0.0556. The Morgan fingerprint density at radius 3 is 2.64 bits per heavy atom. The first-order valence-corrected chi connectivity index (χ1v) is 8.04. The van der Waals surface area contributed by atoms with E-state index < -0.39 is 0 Å². The highest BCUT2D eigenvalue weighted by Gasteiger charge is 2.08. The van der Waals surface area contributed by atoms with Crippen LogP contribution in [0.25, 0.3) is 10.8 Å². The molecule has 3 rings (SSSR count). The third-order valence-corrected chi connectivity index (χ3v) is 4.18. The third-order valence-electron chi connectivity index (χ3n) is 3.47. The molecule has 0 heterocycles. The van der Waals surface area contributed by atoms with Gasteiger partial charge in [0.25, 0.3) is 0 Å². The SMILES string of the molecule is NC(=S)c1cc(Br)ccc1OCc1cccc2ccccc12. The van der Waals surface area contributed by atoms with Gasteiger partial charge in [0, 0.05) is 4.47 Å². The predicted molar refractivity (Wildman–Crippen MR) is 98.3 cm³/mol. The molecule has 0 aliphatic rings. The summed E-state index contributed by atoms with van der Waals surface area (Å²) in [4.78, 5) is 0.328. The van der Waals surface area contributed by atoms with Crippen molar-refractivity contribution in [3.63, 3.8) is 0 Å². The topological polar surface area (TPSA) is 35.2 Å². The van der Waals surface area contributed by atoms with Gasteiger partial charge >= 0.3 is 0 Å². The van der Waals surface area contributed by atoms with Crippen molar-refractivity contribution in [1.82, 2.24) is 0 Å². The van der Waals surface area contributed by atoms with Gasteiger partial charge in [0.15, 0.2) is 0 Å². The molecular formula is C18H14BrNOS. The lowest BCUT2D eigenvalue weighted by molar-refractivity contribution is 0.307. The lowest BCUT2D eigenvalue weighted by atomic mass is 10.1. The van der Waals surface area contributed by atoms with Crippen molar-refractivity contribution in [3.8, 4) is 5.75 Å². The van der Waals surface area contributed by atoms with E-state index in [1.54, 1.807) is 0 Å². The van der Waals surface area contributed by atoms with Crippen molar-refractivity contribution in [2.24, 2.45) is 5.73 Å². The highest BCUT2D eigenvalue weighted by molar-refractivity contribution is 9.10. The molecule has 0 unspecified atom stereocenters. The maximum absolute atomic E-state index is 5.96. The number of hydrogen-bond acceptors (Lipinski definition) is 2. The molecule has 0 atom stereocenters. The van der Waals surface area contributed by atoms with Crippen LogP contribution in [0.1, 0.15) is 11.1 Å². The van der Waals surface area contributed by atoms with Crippen LogP contribution in [-0.4, -0.2) is 4.99 Å². The molecule has 0 bridgehead atoms. The third kappa shape index (κ3) is 3.13. The molecule has 0 aromatic heterocycles. The summed E-state index contributed by atoms with van der Waals surface area (Å²) in [6.45, 7) is 0.471. The molecule has 2 nitrogen and oxygen atoms in total. The molecule has 22 heavy (non-hydrogen) atoms. The van der Waals surface area contributed by atoms with E-state index in [2.05, 4.69) is 40.2 Å². The normalized spacial score (nSPS) is 10.6. The van der Waals surface area contributed by atoms with Crippen LogP contribution in [0.5, 0.6) is 5.75 Å². The lowest BCUT2D eigenvalue weighted by Crippen LogP contribution is -2.11. The van der Waals surface area contributed by atoms with E-state index in [1.807, 2.05) is 36.4 Å². The first-order chi connectivity index (χ1) is 10.6. The molecule has 2 N–H and O–H groups in total. The first-order valence-electron chi connectivity index (χ1n) is 6.84. The molecule has 3 aromatic rings. The van der Waals surface area contributed by atoms with Crippen molar-refractivity contribution in [3.05, 3.63) is 76.3 Å². The zero-order valence-electron chi connectivity index (χ0n) is 11.8. The molecule has 0 saturated carbocycles. The maximum Gasteiger partial charge on any atom is 0.130 e. The summed E-state index contributed by atoms with van der Waals surface area (Å²) in [5.41, 5.74) is 7.65. The Morgan fingerprint density at radius 1 is 1.05 bits per heavy atom. The minimum atomic E-state index is 0.328. The van der Waals surface area contributed by atoms with Gasteiger partial charge in [0.05, 0.1) is 5.56 Å². The molecule has 4 heteroatoms. The van der Waals surface area contributed by atoms with Crippen LogP contribution in [-0.2, 0) is 6.61 Å². The van der Waals surface area contributed by atoms with Gasteiger partial charge < -0.3 is 10.5 Å². The van der Waals surface area contributed by atoms with Gasteiger partial charge in [0.2, 0.25) is 0 Å². The zero-order chi connectivity index (χ0) is 15.5. The average Bonchev–Trinajstić information content (AvgIpc) is 2.53. The summed E-state index contributed by atoms with van der Waals surface area (Å²) in [5, 5.41) is 2.40. The van der Waals surface area contributed by atoms with Crippen molar-refractivity contribution in [1.29, 1.82) is 0 Å². The monoisotopic (exact) mass is 371 g/mol. The van der Waals surface area contributed by atoms with E-state index in [9.17, 15) is 0 Å². The van der Waals surface area contributed by atoms with Crippen LogP contribution in [0.15, 0.2) is 65.1 Å². The van der Waals surface area contributed by atoms with Crippen LogP contribution in [0.3, 0.4) is 0 Å². The van der Waals surface area contributed by atoms with Crippen LogP contribution < -0.4 is 10.5 Å². The van der Waals surface area contributed by atoms with Gasteiger partial charge in [-0.3, -0.25) is 0 Å². The Kier molecular flexibility index (Phi) is 4.41. The second-order valence-electron chi connectivity index (χ2n) is 4.93. The fourth-order valence-electron chi connectivity index (χ4n) is 2.39. The van der Waals surface area contributed by atoms with E-state index in [-0.39, 0.29) is 0 Å². The lowest BCUT2D eigenvalue weighted by Gasteiger charge is -2.12. The number of halogens is 1. The van der Waals surface area contributed by atoms with Crippen LogP contribution >= 0.6 is 28.1 Å². The summed E-state index contributed by atoms with van der Waals surface area (Å²) in [6, 6.07) is 20.1. The number of ether oxygens (including phenoxy) is 1. The van der Waals surface area contributed by atoms with Gasteiger partial charge in [-0.15, -0.1) is 0 Å². The standard InChI is InChI=1S/C18H14BrNOS/c19-14-8-9-17(16(10-14)18(20)22)21-11-13-6-3-5-12-4-1-2-7-15(12)13/h1-10H,11H2,(H2,20,22). The van der Waals surface area contributed by atoms with Gasteiger partial charge in [-0.2, -0.15) is 0 Å². The molecule has 0 amide bonds. The number of rotatable bonds is 4. The second kappa shape index (κ2) is 6.46. The number of nitrogens with two attached hydrogens (primary N) is 1. The molecule has 0 radical (unpaired) electrons. The summed E-state index contributed by atoms with van der Waals surface area (Å²) < 4.78 is 6.88. The summed E-state index contributed by atoms with van der Waals surface area (Å²) >= 11 is 8.52. The highest BCUT2D eigenvalue weighted by atomic mass is 79.9. The number of thiocarbonyl (C=S) groups is 1. The highest BCUT2D eigenvalue weighted by Crippen LogP contribution is 2.25. The number of fused-ring (bicyclic) bond motifs is 1. The smallest absolute Gasteiger partial charge is 0.130 e. The zero-order valence-corrected chi connectivity index (χ0v) is 14.2. The van der Waals surface area contributed by atoms with Crippen LogP contribution in [0.2, 0.25) is 0 Å². The van der Waals surface area contributed by atoms with E-state index in [4.69, 9.17) is 22.7 Å². The Bertz CT molecular complexity index is 842. The van der Waals surface area contributed by atoms with Gasteiger partial charge in [-0.1, -0.05) is 70.6 Å². The molecule has 0 aliphatic heterocycles. The Hall–Kier alpha value is -1.91. The molecule has 0 fully saturated rings. The number of benzene rings is 3. The van der Waals surface area contributed by atoms with Crippen molar-refractivity contribution < 1.29 is 4.74 Å². The van der Waals surface area contributed by atoms with E-state index in [0.717, 1.165) is 15.6 Å². The van der Waals surface area contributed by atoms with Crippen molar-refractivity contribution in [2.45, 2.75) is 6.61 Å². The van der Waals surface area contributed by atoms with Gasteiger partial charge in [0.1, 0.15) is 17.3 Å². The summed E-state index contributed by atoms with van der Waals surface area (Å²) in [7, 11) is 0. The van der Waals surface area contributed by atoms with Gasteiger partial charge in [-0.05, 0) is 34.5 Å². The first kappa shape index (κ1) is 15.0. The van der Waals surface area contributed by atoms with Crippen LogP contribution in [0.4, 0.5) is 0 Å². The maximum atomic E-state index is 5.96. The van der Waals surface area contributed by atoms with Crippen molar-refractivity contribution in [2.75, 3.05) is 0 Å². The van der Waals surface area contributed by atoms with E-state index in [1.165, 1.54) is 10.8 Å². The van der Waals surface area contributed by atoms with E-state index >= 15 is 0 Å². The number of hydrogen-bond donors (Lipinski definition) is 1. The minimum Gasteiger partial charge on any atom is -0.488 e. The average molecular weight is 372 g/mol. The molecular weight excluding hydrogens is 358 g/mol. The van der Waals surface area contributed by atoms with Gasteiger partial charge in [-0.25, -0.2) is 0 Å². The molecule has 3 aromatic carbocycles. The second-order valence-corrected chi connectivity index (χ2v) is 6.29. The van der Waals surface area contributed by atoms with Crippen molar-refractivity contribution >= 4 is 43.9 Å². The predicted octanol–water partition coefficient (Wildman–Crippen LogP) is 4.82. The molecule has 0 saturated heterocycles. The quantitative estimate of drug-likeness (QED) is 0.668. The Labute approximate surface area is 143 Å². The minimum absolute atomic E-state index is 0.328. The Morgan fingerprint density at radius 2 is 1.82 bits per heavy atom. The van der Waals surface area contributed by atoms with Crippen LogP contribution in [0, 0.1) is 0 Å². The van der Waals surface area contributed by atoms with E-state index in [0.29, 0.717) is 17.3 Å². The largest absolute Gasteiger partial charge is 0.488 e. The molecule has 0 aliphatic carbocycles. The fourth-order valence-corrected chi connectivity index (χ4v) is 2.92. The summed E-state index contributed by atoms with van der Waals surface area (Å²) in [6.07, 6.45) is 0. The summed E-state index contributed by atoms with van der Waals surface area (Å²) in [5.74, 6) is 0.698. The molecule has 110 valence electrons. The Balaban J connectivity index is 1.90. The molecule has 0 spiro atoms.